The van der Waals surface area contributed by atoms with Gasteiger partial charge in [0.25, 0.3) is 0 Å². The minimum Gasteiger partial charge on any atom is -0.313 e. The average Bonchev–Trinajstić information content (AvgIpc) is 2.24. The van der Waals surface area contributed by atoms with E-state index >= 15 is 0 Å². The van der Waals surface area contributed by atoms with E-state index in [-0.39, 0.29) is 11.9 Å². The van der Waals surface area contributed by atoms with E-state index in [1.165, 1.54) is 0 Å². The predicted molar refractivity (Wildman–Crippen MR) is 67.0 cm³/mol. The average molecular weight is 223 g/mol. The van der Waals surface area contributed by atoms with E-state index < -0.39 is 0 Å². The molecule has 0 saturated heterocycles. The molecule has 16 heavy (non-hydrogen) atoms. The summed E-state index contributed by atoms with van der Waals surface area (Å²) in [6, 6.07) is 5.52. The van der Waals surface area contributed by atoms with Gasteiger partial charge in [0.15, 0.2) is 0 Å². The van der Waals surface area contributed by atoms with Gasteiger partial charge in [-0.1, -0.05) is 26.3 Å². The van der Waals surface area contributed by atoms with Crippen LogP contribution in [0.1, 0.15) is 43.9 Å². The van der Waals surface area contributed by atoms with Gasteiger partial charge in [-0.25, -0.2) is 4.39 Å². The van der Waals surface area contributed by atoms with Gasteiger partial charge in [0.05, 0.1) is 0 Å². The van der Waals surface area contributed by atoms with Crippen LogP contribution < -0.4 is 5.32 Å². The first-order valence-electron chi connectivity index (χ1n) is 6.01. The van der Waals surface area contributed by atoms with Gasteiger partial charge in [-0.2, -0.15) is 0 Å². The molecule has 1 rings (SSSR count). The summed E-state index contributed by atoms with van der Waals surface area (Å²) in [7, 11) is 1.94. The normalized spacial score (nSPS) is 14.8. The van der Waals surface area contributed by atoms with Crippen molar-refractivity contribution in [3.05, 3.63) is 35.1 Å². The molecule has 0 amide bonds. The van der Waals surface area contributed by atoms with Gasteiger partial charge >= 0.3 is 0 Å². The summed E-state index contributed by atoms with van der Waals surface area (Å²) in [6.07, 6.45) is 2.21. The maximum absolute atomic E-state index is 13.3. The molecule has 0 saturated carbocycles. The van der Waals surface area contributed by atoms with Crippen molar-refractivity contribution in [3.8, 4) is 0 Å². The molecule has 1 aromatic carbocycles. The number of aryl methyl sites for hydroxylation is 1. The molecule has 0 fully saturated rings. The topological polar surface area (TPSA) is 12.0 Å². The minimum atomic E-state index is -0.139. The van der Waals surface area contributed by atoms with Crippen molar-refractivity contribution in [1.82, 2.24) is 5.32 Å². The third-order valence-corrected chi connectivity index (χ3v) is 3.15. The molecule has 90 valence electrons. The van der Waals surface area contributed by atoms with Crippen LogP contribution in [0.4, 0.5) is 4.39 Å². The first kappa shape index (κ1) is 13.2. The zero-order valence-corrected chi connectivity index (χ0v) is 10.7. The highest BCUT2D eigenvalue weighted by Gasteiger charge is 2.13. The van der Waals surface area contributed by atoms with Crippen LogP contribution in [0.15, 0.2) is 18.2 Å². The SMILES string of the molecule is CCC(C)CC(NC)c1cc(C)cc(F)c1. The van der Waals surface area contributed by atoms with Crippen molar-refractivity contribution in [1.29, 1.82) is 0 Å². The molecular formula is C14H22FN. The molecule has 2 unspecified atom stereocenters. The van der Waals surface area contributed by atoms with Crippen molar-refractivity contribution in [2.45, 2.75) is 39.7 Å². The largest absolute Gasteiger partial charge is 0.313 e. The lowest BCUT2D eigenvalue weighted by Gasteiger charge is -2.20. The summed E-state index contributed by atoms with van der Waals surface area (Å²) >= 11 is 0. The van der Waals surface area contributed by atoms with Crippen LogP contribution >= 0.6 is 0 Å². The van der Waals surface area contributed by atoms with E-state index in [0.717, 1.165) is 24.0 Å². The van der Waals surface area contributed by atoms with Gasteiger partial charge in [-0.3, -0.25) is 0 Å². The van der Waals surface area contributed by atoms with Crippen LogP contribution in [0.3, 0.4) is 0 Å². The second-order valence-corrected chi connectivity index (χ2v) is 4.65. The van der Waals surface area contributed by atoms with Crippen LogP contribution in [0.2, 0.25) is 0 Å². The highest BCUT2D eigenvalue weighted by Crippen LogP contribution is 2.24. The fourth-order valence-corrected chi connectivity index (χ4v) is 1.96. The summed E-state index contributed by atoms with van der Waals surface area (Å²) in [6.45, 7) is 6.35. The molecule has 1 aromatic rings. The zero-order chi connectivity index (χ0) is 12.1. The molecule has 0 aromatic heterocycles. The number of halogens is 1. The molecule has 2 heteroatoms. The number of benzene rings is 1. The van der Waals surface area contributed by atoms with Crippen molar-refractivity contribution in [2.75, 3.05) is 7.05 Å². The van der Waals surface area contributed by atoms with Crippen LogP contribution in [0, 0.1) is 18.7 Å². The lowest BCUT2D eigenvalue weighted by molar-refractivity contribution is 0.420. The molecule has 0 aliphatic rings. The van der Waals surface area contributed by atoms with E-state index in [9.17, 15) is 4.39 Å². The van der Waals surface area contributed by atoms with Gasteiger partial charge < -0.3 is 5.32 Å². The standard InChI is InChI=1S/C14H22FN/c1-5-10(2)8-14(16-4)12-6-11(3)7-13(15)9-12/h6-7,9-10,14,16H,5,8H2,1-4H3. The summed E-state index contributed by atoms with van der Waals surface area (Å²) in [5.41, 5.74) is 2.04. The molecule has 0 radical (unpaired) electrons. The maximum Gasteiger partial charge on any atom is 0.123 e. The van der Waals surface area contributed by atoms with Gasteiger partial charge in [0, 0.05) is 6.04 Å². The third kappa shape index (κ3) is 3.60. The Balaban J connectivity index is 2.86. The number of nitrogens with one attached hydrogen (secondary N) is 1. The van der Waals surface area contributed by atoms with Crippen molar-refractivity contribution in [2.24, 2.45) is 5.92 Å². The second-order valence-electron chi connectivity index (χ2n) is 4.65. The summed E-state index contributed by atoms with van der Waals surface area (Å²) in [5, 5.41) is 3.27. The molecule has 1 N–H and O–H groups in total. The molecular weight excluding hydrogens is 201 g/mol. The lowest BCUT2D eigenvalue weighted by atomic mass is 9.93. The monoisotopic (exact) mass is 223 g/mol. The molecule has 0 heterocycles. The molecule has 2 atom stereocenters. The smallest absolute Gasteiger partial charge is 0.123 e. The van der Waals surface area contributed by atoms with Crippen molar-refractivity contribution < 1.29 is 4.39 Å². The van der Waals surface area contributed by atoms with E-state index in [1.54, 1.807) is 12.1 Å². The summed E-state index contributed by atoms with van der Waals surface area (Å²) < 4.78 is 13.3. The van der Waals surface area contributed by atoms with E-state index in [4.69, 9.17) is 0 Å². The number of hydrogen-bond donors (Lipinski definition) is 1. The van der Waals surface area contributed by atoms with Crippen LogP contribution in [0.5, 0.6) is 0 Å². The third-order valence-electron chi connectivity index (χ3n) is 3.15. The molecule has 0 spiro atoms. The number of hydrogen-bond acceptors (Lipinski definition) is 1. The number of rotatable bonds is 5. The van der Waals surface area contributed by atoms with Gasteiger partial charge in [0.1, 0.15) is 5.82 Å². The maximum atomic E-state index is 13.3. The van der Waals surface area contributed by atoms with Gasteiger partial charge in [0.2, 0.25) is 0 Å². The molecule has 0 aliphatic carbocycles. The highest BCUT2D eigenvalue weighted by atomic mass is 19.1. The fraction of sp³-hybridized carbons (Fsp3) is 0.571. The zero-order valence-electron chi connectivity index (χ0n) is 10.7. The van der Waals surface area contributed by atoms with E-state index in [1.807, 2.05) is 14.0 Å². The second kappa shape index (κ2) is 6.00. The van der Waals surface area contributed by atoms with Crippen LogP contribution in [0.25, 0.3) is 0 Å². The lowest BCUT2D eigenvalue weighted by Crippen LogP contribution is -2.19. The van der Waals surface area contributed by atoms with E-state index in [2.05, 4.69) is 25.2 Å². The molecule has 1 nitrogen and oxygen atoms in total. The van der Waals surface area contributed by atoms with Crippen molar-refractivity contribution in [3.63, 3.8) is 0 Å². The Morgan fingerprint density at radius 1 is 1.31 bits per heavy atom. The first-order chi connectivity index (χ1) is 7.56. The summed E-state index contributed by atoms with van der Waals surface area (Å²) in [4.78, 5) is 0. The van der Waals surface area contributed by atoms with Crippen LogP contribution in [-0.4, -0.2) is 7.05 Å². The van der Waals surface area contributed by atoms with Crippen molar-refractivity contribution >= 4 is 0 Å². The Morgan fingerprint density at radius 3 is 2.50 bits per heavy atom. The Kier molecular flexibility index (Phi) is 4.94. The van der Waals surface area contributed by atoms with Crippen LogP contribution in [-0.2, 0) is 0 Å². The highest BCUT2D eigenvalue weighted by molar-refractivity contribution is 5.26. The predicted octanol–water partition coefficient (Wildman–Crippen LogP) is 3.83. The molecule has 0 aliphatic heterocycles. The quantitative estimate of drug-likeness (QED) is 0.800. The Bertz CT molecular complexity index is 315. The van der Waals surface area contributed by atoms with E-state index in [0.29, 0.717) is 5.92 Å². The van der Waals surface area contributed by atoms with Gasteiger partial charge in [-0.05, 0) is 49.6 Å². The Labute approximate surface area is 98.1 Å². The molecule has 0 bridgehead atoms. The minimum absolute atomic E-state index is 0.139. The Hall–Kier alpha value is -0.890. The Morgan fingerprint density at radius 2 is 2.00 bits per heavy atom. The summed E-state index contributed by atoms with van der Waals surface area (Å²) in [5.74, 6) is 0.514. The fourth-order valence-electron chi connectivity index (χ4n) is 1.96. The first-order valence-corrected chi connectivity index (χ1v) is 6.01. The van der Waals surface area contributed by atoms with Gasteiger partial charge in [-0.15, -0.1) is 0 Å².